The van der Waals surface area contributed by atoms with Crippen LogP contribution in [0.4, 0.5) is 0 Å². The smallest absolute Gasteiger partial charge is 0.0786 e. The number of pyridine rings is 1. The van der Waals surface area contributed by atoms with E-state index in [0.717, 1.165) is 17.6 Å². The quantitative estimate of drug-likeness (QED) is 0.201. The van der Waals surface area contributed by atoms with Gasteiger partial charge in [-0.3, -0.25) is 4.98 Å². The first kappa shape index (κ1) is 26.4. The highest BCUT2D eigenvalue weighted by molar-refractivity contribution is 6.13. The Morgan fingerprint density at radius 3 is 1.81 bits per heavy atom. The van der Waals surface area contributed by atoms with Crippen LogP contribution in [0.3, 0.4) is 0 Å². The van der Waals surface area contributed by atoms with E-state index in [2.05, 4.69) is 156 Å². The Balaban J connectivity index is 1.26. The molecular formula is C41H37N. The molecule has 7 aromatic rings. The predicted octanol–water partition coefficient (Wildman–Crippen LogP) is 11.2. The molecule has 0 aliphatic rings. The van der Waals surface area contributed by atoms with Gasteiger partial charge in [0.25, 0.3) is 0 Å². The summed E-state index contributed by atoms with van der Waals surface area (Å²) in [5.74, 6) is 0. The van der Waals surface area contributed by atoms with Crippen molar-refractivity contribution >= 4 is 43.2 Å². The SMILES string of the molecule is CC(C)(C)c1cc2ccccc2c2nc(CC(C)(C)c3ccc(-c4cc5ccccc5c5ccccc45)cc3)ccc12. The van der Waals surface area contributed by atoms with Gasteiger partial charge in [0.1, 0.15) is 0 Å². The lowest BCUT2D eigenvalue weighted by Gasteiger charge is -2.26. The Kier molecular flexibility index (Phi) is 6.17. The normalized spacial score (nSPS) is 12.5. The first-order chi connectivity index (χ1) is 20.2. The van der Waals surface area contributed by atoms with Gasteiger partial charge in [-0.25, -0.2) is 0 Å². The van der Waals surface area contributed by atoms with Gasteiger partial charge in [-0.2, -0.15) is 0 Å². The Morgan fingerprint density at radius 1 is 0.524 bits per heavy atom. The molecule has 0 unspecified atom stereocenters. The van der Waals surface area contributed by atoms with Crippen molar-refractivity contribution in [1.29, 1.82) is 0 Å². The number of benzene rings is 6. The lowest BCUT2D eigenvalue weighted by atomic mass is 9.79. The van der Waals surface area contributed by atoms with Crippen LogP contribution in [0.5, 0.6) is 0 Å². The summed E-state index contributed by atoms with van der Waals surface area (Å²) in [5, 5.41) is 8.93. The van der Waals surface area contributed by atoms with E-state index in [-0.39, 0.29) is 10.8 Å². The highest BCUT2D eigenvalue weighted by Gasteiger charge is 2.24. The topological polar surface area (TPSA) is 12.9 Å². The molecule has 0 fully saturated rings. The molecule has 0 radical (unpaired) electrons. The first-order valence-corrected chi connectivity index (χ1v) is 15.0. The lowest BCUT2D eigenvalue weighted by Crippen LogP contribution is -2.21. The zero-order valence-corrected chi connectivity index (χ0v) is 25.2. The van der Waals surface area contributed by atoms with Crippen LogP contribution >= 0.6 is 0 Å². The average Bonchev–Trinajstić information content (AvgIpc) is 2.99. The number of fused-ring (bicyclic) bond motifs is 6. The summed E-state index contributed by atoms with van der Waals surface area (Å²) < 4.78 is 0. The second-order valence-electron chi connectivity index (χ2n) is 13.4. The fraction of sp³-hybridized carbons (Fsp3) is 0.195. The second kappa shape index (κ2) is 9.81. The van der Waals surface area contributed by atoms with Gasteiger partial charge >= 0.3 is 0 Å². The minimum atomic E-state index is -0.0674. The molecule has 206 valence electrons. The Labute approximate surface area is 248 Å². The fourth-order valence-corrected chi connectivity index (χ4v) is 6.66. The zero-order chi connectivity index (χ0) is 29.1. The number of aromatic nitrogens is 1. The molecule has 0 aliphatic carbocycles. The summed E-state index contributed by atoms with van der Waals surface area (Å²) in [4.78, 5) is 5.32. The van der Waals surface area contributed by atoms with Crippen LogP contribution in [0.25, 0.3) is 54.3 Å². The number of rotatable bonds is 4. The molecule has 1 heteroatoms. The van der Waals surface area contributed by atoms with Gasteiger partial charge in [0, 0.05) is 16.5 Å². The minimum absolute atomic E-state index is 0.0445. The molecule has 0 bridgehead atoms. The molecule has 0 saturated heterocycles. The van der Waals surface area contributed by atoms with E-state index in [0.29, 0.717) is 0 Å². The van der Waals surface area contributed by atoms with E-state index in [9.17, 15) is 0 Å². The molecule has 0 spiro atoms. The zero-order valence-electron chi connectivity index (χ0n) is 25.2. The average molecular weight is 544 g/mol. The van der Waals surface area contributed by atoms with Crippen molar-refractivity contribution in [3.8, 4) is 11.1 Å². The van der Waals surface area contributed by atoms with Crippen LogP contribution in [-0.2, 0) is 17.3 Å². The Hall–Kier alpha value is -4.49. The molecule has 0 amide bonds. The molecule has 0 N–H and O–H groups in total. The maximum Gasteiger partial charge on any atom is 0.0786 e. The van der Waals surface area contributed by atoms with Crippen molar-refractivity contribution < 1.29 is 0 Å². The van der Waals surface area contributed by atoms with E-state index in [1.54, 1.807) is 0 Å². The van der Waals surface area contributed by atoms with E-state index in [4.69, 9.17) is 4.98 Å². The van der Waals surface area contributed by atoms with Gasteiger partial charge in [0.05, 0.1) is 5.52 Å². The maximum absolute atomic E-state index is 5.32. The molecule has 6 aromatic carbocycles. The van der Waals surface area contributed by atoms with E-state index in [1.165, 1.54) is 60.0 Å². The van der Waals surface area contributed by atoms with Gasteiger partial charge in [0.15, 0.2) is 0 Å². The van der Waals surface area contributed by atoms with Gasteiger partial charge in [-0.05, 0) is 84.6 Å². The van der Waals surface area contributed by atoms with Crippen molar-refractivity contribution in [3.63, 3.8) is 0 Å². The number of nitrogens with zero attached hydrogens (tertiary/aromatic N) is 1. The van der Waals surface area contributed by atoms with Crippen LogP contribution in [0, 0.1) is 0 Å². The van der Waals surface area contributed by atoms with Crippen molar-refractivity contribution in [1.82, 2.24) is 4.98 Å². The highest BCUT2D eigenvalue weighted by Crippen LogP contribution is 2.38. The van der Waals surface area contributed by atoms with Crippen LogP contribution in [0.1, 0.15) is 51.4 Å². The molecule has 1 aromatic heterocycles. The monoisotopic (exact) mass is 543 g/mol. The van der Waals surface area contributed by atoms with Crippen molar-refractivity contribution in [2.45, 2.75) is 51.9 Å². The second-order valence-corrected chi connectivity index (χ2v) is 13.4. The number of hydrogen-bond acceptors (Lipinski definition) is 1. The van der Waals surface area contributed by atoms with Gasteiger partial charge < -0.3 is 0 Å². The summed E-state index contributed by atoms with van der Waals surface area (Å²) in [5.41, 5.74) is 7.44. The van der Waals surface area contributed by atoms with Gasteiger partial charge in [-0.15, -0.1) is 0 Å². The third-order valence-electron chi connectivity index (χ3n) is 8.94. The largest absolute Gasteiger partial charge is 0.252 e. The molecule has 0 saturated carbocycles. The van der Waals surface area contributed by atoms with Crippen LogP contribution in [0.15, 0.2) is 121 Å². The van der Waals surface area contributed by atoms with Crippen molar-refractivity contribution in [3.05, 3.63) is 138 Å². The molecule has 1 nitrogen and oxygen atoms in total. The summed E-state index contributed by atoms with van der Waals surface area (Å²) >= 11 is 0. The van der Waals surface area contributed by atoms with Crippen molar-refractivity contribution in [2.75, 3.05) is 0 Å². The van der Waals surface area contributed by atoms with Crippen LogP contribution in [-0.4, -0.2) is 4.98 Å². The van der Waals surface area contributed by atoms with Gasteiger partial charge in [-0.1, -0.05) is 138 Å². The maximum atomic E-state index is 5.32. The standard InChI is InChI=1S/C41H37N/c1-40(2,3)38-25-29-13-7-9-15-33(29)39-36(38)23-22-31(42-39)26-41(4,5)30-20-18-27(19-21-30)37-24-28-12-6-8-14-32(28)34-16-10-11-17-35(34)37/h6-25H,26H2,1-5H3. The lowest BCUT2D eigenvalue weighted by molar-refractivity contribution is 0.516. The predicted molar refractivity (Wildman–Crippen MR) is 182 cm³/mol. The van der Waals surface area contributed by atoms with E-state index < -0.39 is 0 Å². The van der Waals surface area contributed by atoms with Crippen LogP contribution < -0.4 is 0 Å². The van der Waals surface area contributed by atoms with E-state index >= 15 is 0 Å². The molecule has 1 heterocycles. The summed E-state index contributed by atoms with van der Waals surface area (Å²) in [6.07, 6.45) is 0.870. The van der Waals surface area contributed by atoms with Crippen molar-refractivity contribution in [2.24, 2.45) is 0 Å². The summed E-state index contributed by atoms with van der Waals surface area (Å²) in [7, 11) is 0. The number of hydrogen-bond donors (Lipinski definition) is 0. The molecule has 0 atom stereocenters. The third kappa shape index (κ3) is 4.54. The summed E-state index contributed by atoms with van der Waals surface area (Å²) in [6.45, 7) is 11.5. The molecule has 0 aliphatic heterocycles. The molecule has 7 rings (SSSR count). The molecular weight excluding hydrogens is 506 g/mol. The molecule has 42 heavy (non-hydrogen) atoms. The summed E-state index contributed by atoms with van der Waals surface area (Å²) in [6, 6.07) is 44.6. The fourth-order valence-electron chi connectivity index (χ4n) is 6.66. The Morgan fingerprint density at radius 2 is 1.12 bits per heavy atom. The first-order valence-electron chi connectivity index (χ1n) is 15.0. The van der Waals surface area contributed by atoms with Gasteiger partial charge in [0.2, 0.25) is 0 Å². The highest BCUT2D eigenvalue weighted by atomic mass is 14.7. The minimum Gasteiger partial charge on any atom is -0.252 e. The Bertz CT molecular complexity index is 2110. The van der Waals surface area contributed by atoms with Crippen LogP contribution in [0.2, 0.25) is 0 Å². The van der Waals surface area contributed by atoms with E-state index in [1.807, 2.05) is 0 Å². The third-order valence-corrected chi connectivity index (χ3v) is 8.94.